The zero-order chi connectivity index (χ0) is 16.5. The number of H-pyrrole nitrogens is 1. The Morgan fingerprint density at radius 3 is 2.46 bits per heavy atom. The first-order valence-electron chi connectivity index (χ1n) is 7.48. The molecular weight excluding hydrogens is 302 g/mol. The highest BCUT2D eigenvalue weighted by Gasteiger charge is 2.17. The van der Waals surface area contributed by atoms with Gasteiger partial charge in [-0.05, 0) is 36.4 Å². The molecule has 24 heavy (non-hydrogen) atoms. The molecule has 2 aromatic carbocycles. The minimum absolute atomic E-state index is 0.360. The topological polar surface area (TPSA) is 74.8 Å². The number of amides is 1. The van der Waals surface area contributed by atoms with E-state index in [2.05, 4.69) is 15.3 Å². The summed E-state index contributed by atoms with van der Waals surface area (Å²) in [6.07, 6.45) is 3.11. The van der Waals surface area contributed by atoms with Crippen molar-refractivity contribution in [2.75, 3.05) is 5.32 Å². The molecule has 0 spiro atoms. The highest BCUT2D eigenvalue weighted by molar-refractivity contribution is 6.46. The molecule has 4 aromatic rings. The molecule has 1 amide bonds. The molecule has 0 aliphatic carbocycles. The van der Waals surface area contributed by atoms with Crippen LogP contribution in [0.25, 0.3) is 21.8 Å². The fourth-order valence-corrected chi connectivity index (χ4v) is 2.74. The predicted octanol–water partition coefficient (Wildman–Crippen LogP) is 3.54. The van der Waals surface area contributed by atoms with Crippen LogP contribution in [0.2, 0.25) is 0 Å². The van der Waals surface area contributed by atoms with E-state index in [9.17, 15) is 9.59 Å². The van der Waals surface area contributed by atoms with Gasteiger partial charge in [0.1, 0.15) is 0 Å². The summed E-state index contributed by atoms with van der Waals surface area (Å²) in [5.41, 5.74) is 2.83. The van der Waals surface area contributed by atoms with E-state index in [-0.39, 0.29) is 0 Å². The molecule has 0 unspecified atom stereocenters. The number of hydrogen-bond donors (Lipinski definition) is 2. The zero-order valence-electron chi connectivity index (χ0n) is 12.6. The smallest absolute Gasteiger partial charge is 0.296 e. The lowest BCUT2D eigenvalue weighted by Gasteiger charge is -2.04. The van der Waals surface area contributed by atoms with Crippen molar-refractivity contribution in [1.29, 1.82) is 0 Å². The molecule has 0 aliphatic heterocycles. The highest BCUT2D eigenvalue weighted by atomic mass is 16.2. The van der Waals surface area contributed by atoms with E-state index in [1.54, 1.807) is 36.7 Å². The number of ketones is 1. The van der Waals surface area contributed by atoms with E-state index < -0.39 is 11.7 Å². The Morgan fingerprint density at radius 1 is 0.875 bits per heavy atom. The lowest BCUT2D eigenvalue weighted by atomic mass is 10.1. The Labute approximate surface area is 137 Å². The molecule has 5 nitrogen and oxygen atoms in total. The average molecular weight is 315 g/mol. The number of aromatic nitrogens is 2. The molecule has 2 aromatic heterocycles. The van der Waals surface area contributed by atoms with Gasteiger partial charge in [-0.15, -0.1) is 0 Å². The van der Waals surface area contributed by atoms with E-state index in [0.717, 1.165) is 21.8 Å². The van der Waals surface area contributed by atoms with Gasteiger partial charge in [0.25, 0.3) is 11.7 Å². The number of nitrogens with zero attached hydrogens (tertiary/aromatic N) is 1. The molecular formula is C19H13N3O2. The summed E-state index contributed by atoms with van der Waals surface area (Å²) in [4.78, 5) is 31.7. The van der Waals surface area contributed by atoms with Crippen LogP contribution in [-0.4, -0.2) is 21.7 Å². The summed E-state index contributed by atoms with van der Waals surface area (Å²) < 4.78 is 0. The maximum Gasteiger partial charge on any atom is 0.296 e. The maximum absolute atomic E-state index is 12.4. The molecule has 0 aliphatic rings. The third-order valence-corrected chi connectivity index (χ3v) is 3.91. The lowest BCUT2D eigenvalue weighted by molar-refractivity contribution is -0.112. The fraction of sp³-hybridized carbons (Fsp3) is 0. The van der Waals surface area contributed by atoms with E-state index in [1.165, 1.54) is 0 Å². The first-order valence-corrected chi connectivity index (χ1v) is 7.48. The number of nitrogens with one attached hydrogen (secondary N) is 2. The number of para-hydroxylation sites is 1. The first kappa shape index (κ1) is 14.1. The largest absolute Gasteiger partial charge is 0.355 e. The van der Waals surface area contributed by atoms with Crippen LogP contribution in [0.1, 0.15) is 10.4 Å². The van der Waals surface area contributed by atoms with Crippen molar-refractivity contribution >= 4 is 39.2 Å². The molecule has 0 atom stereocenters. The molecule has 0 fully saturated rings. The number of rotatable bonds is 3. The van der Waals surface area contributed by atoms with Gasteiger partial charge in [0.2, 0.25) is 0 Å². The SMILES string of the molecule is O=C(Nc1ccncc1)C(=O)c1ccc2[nH]c3ccccc3c2c1. The number of anilines is 1. The highest BCUT2D eigenvalue weighted by Crippen LogP contribution is 2.26. The Kier molecular flexibility index (Phi) is 3.31. The van der Waals surface area contributed by atoms with Crippen molar-refractivity contribution in [3.63, 3.8) is 0 Å². The van der Waals surface area contributed by atoms with Gasteiger partial charge in [0.15, 0.2) is 0 Å². The van der Waals surface area contributed by atoms with Crippen LogP contribution in [0, 0.1) is 0 Å². The van der Waals surface area contributed by atoms with Crippen molar-refractivity contribution in [3.8, 4) is 0 Å². The van der Waals surface area contributed by atoms with Crippen LogP contribution in [-0.2, 0) is 4.79 Å². The second kappa shape index (κ2) is 5.62. The zero-order valence-corrected chi connectivity index (χ0v) is 12.6. The molecule has 5 heteroatoms. The Hall–Kier alpha value is -3.47. The normalized spacial score (nSPS) is 10.8. The second-order valence-corrected chi connectivity index (χ2v) is 5.45. The van der Waals surface area contributed by atoms with Crippen LogP contribution in [0.4, 0.5) is 5.69 Å². The third kappa shape index (κ3) is 2.42. The number of benzene rings is 2. The monoisotopic (exact) mass is 315 g/mol. The van der Waals surface area contributed by atoms with Crippen molar-refractivity contribution in [3.05, 3.63) is 72.6 Å². The van der Waals surface area contributed by atoms with Gasteiger partial charge in [0.05, 0.1) is 0 Å². The predicted molar refractivity (Wildman–Crippen MR) is 93.0 cm³/mol. The van der Waals surface area contributed by atoms with E-state index in [4.69, 9.17) is 0 Å². The van der Waals surface area contributed by atoms with Crippen LogP contribution in [0.3, 0.4) is 0 Å². The molecule has 116 valence electrons. The van der Waals surface area contributed by atoms with E-state index >= 15 is 0 Å². The number of carbonyl (C=O) groups is 2. The Bertz CT molecular complexity index is 1070. The Morgan fingerprint density at radius 2 is 1.62 bits per heavy atom. The first-order chi connectivity index (χ1) is 11.7. The molecule has 4 rings (SSSR count). The minimum atomic E-state index is -0.666. The number of pyridine rings is 1. The summed E-state index contributed by atoms with van der Waals surface area (Å²) in [7, 11) is 0. The number of aromatic amines is 1. The quantitative estimate of drug-likeness (QED) is 0.448. The molecule has 0 radical (unpaired) electrons. The van der Waals surface area contributed by atoms with E-state index in [0.29, 0.717) is 11.3 Å². The molecule has 0 bridgehead atoms. The Balaban J connectivity index is 1.69. The summed E-state index contributed by atoms with van der Waals surface area (Å²) in [6.45, 7) is 0. The van der Waals surface area contributed by atoms with Crippen LogP contribution >= 0.6 is 0 Å². The van der Waals surface area contributed by atoms with Gasteiger partial charge in [0, 0.05) is 45.5 Å². The number of Topliss-reactive ketones (excluding diaryl/α,β-unsaturated/α-hetero) is 1. The van der Waals surface area contributed by atoms with Gasteiger partial charge in [-0.2, -0.15) is 0 Å². The minimum Gasteiger partial charge on any atom is -0.355 e. The van der Waals surface area contributed by atoms with Crippen molar-refractivity contribution in [2.45, 2.75) is 0 Å². The van der Waals surface area contributed by atoms with Crippen molar-refractivity contribution in [2.24, 2.45) is 0 Å². The molecule has 2 N–H and O–H groups in total. The van der Waals surface area contributed by atoms with Gasteiger partial charge in [-0.3, -0.25) is 14.6 Å². The summed E-state index contributed by atoms with van der Waals surface area (Å²) in [5, 5.41) is 4.53. The summed E-state index contributed by atoms with van der Waals surface area (Å²) >= 11 is 0. The van der Waals surface area contributed by atoms with Crippen LogP contribution < -0.4 is 5.32 Å². The van der Waals surface area contributed by atoms with E-state index in [1.807, 2.05) is 30.3 Å². The summed E-state index contributed by atoms with van der Waals surface area (Å²) in [5.74, 6) is -1.24. The van der Waals surface area contributed by atoms with Crippen LogP contribution in [0.5, 0.6) is 0 Å². The van der Waals surface area contributed by atoms with Gasteiger partial charge in [-0.25, -0.2) is 0 Å². The van der Waals surface area contributed by atoms with Gasteiger partial charge in [-0.1, -0.05) is 18.2 Å². The van der Waals surface area contributed by atoms with Crippen LogP contribution in [0.15, 0.2) is 67.0 Å². The molecule has 0 saturated carbocycles. The lowest BCUT2D eigenvalue weighted by Crippen LogP contribution is -2.22. The van der Waals surface area contributed by atoms with Gasteiger partial charge >= 0.3 is 0 Å². The fourth-order valence-electron chi connectivity index (χ4n) is 2.74. The molecule has 2 heterocycles. The number of hydrogen-bond acceptors (Lipinski definition) is 3. The molecule has 0 saturated heterocycles. The standard InChI is InChI=1S/C19H13N3O2/c23-18(19(24)21-13-7-9-20-10-8-13)12-5-6-17-15(11-12)14-3-1-2-4-16(14)22-17/h1-11,22H,(H,20,21,24). The van der Waals surface area contributed by atoms with Gasteiger partial charge < -0.3 is 10.3 Å². The van der Waals surface area contributed by atoms with Crippen molar-refractivity contribution < 1.29 is 9.59 Å². The number of carbonyl (C=O) groups excluding carboxylic acids is 2. The summed E-state index contributed by atoms with van der Waals surface area (Å²) in [6, 6.07) is 16.4. The maximum atomic E-state index is 12.4. The number of fused-ring (bicyclic) bond motifs is 3. The van der Waals surface area contributed by atoms with Crippen molar-refractivity contribution in [1.82, 2.24) is 9.97 Å². The third-order valence-electron chi connectivity index (χ3n) is 3.91. The second-order valence-electron chi connectivity index (χ2n) is 5.45. The average Bonchev–Trinajstić information content (AvgIpc) is 2.99.